The van der Waals surface area contributed by atoms with Crippen molar-refractivity contribution in [3.63, 3.8) is 0 Å². The van der Waals surface area contributed by atoms with Gasteiger partial charge >= 0.3 is 0 Å². The van der Waals surface area contributed by atoms with E-state index in [4.69, 9.17) is 0 Å². The molecule has 1 aliphatic rings. The van der Waals surface area contributed by atoms with Crippen LogP contribution in [-0.2, 0) is 17.4 Å². The molecule has 0 heterocycles. The number of rotatable bonds is 0. The van der Waals surface area contributed by atoms with Crippen LogP contribution in [0.3, 0.4) is 0 Å². The van der Waals surface area contributed by atoms with Gasteiger partial charge in [-0.3, -0.25) is 6.08 Å². The molecule has 7 heavy (non-hydrogen) atoms. The number of hydrogen-bond acceptors (Lipinski definition) is 0. The van der Waals surface area contributed by atoms with Crippen molar-refractivity contribution in [3.8, 4) is 0 Å². The van der Waals surface area contributed by atoms with Crippen LogP contribution in [0.2, 0.25) is 0 Å². The van der Waals surface area contributed by atoms with Gasteiger partial charge in [0, 0.05) is 17.4 Å². The Labute approximate surface area is 55.1 Å². The monoisotopic (exact) mass is 131 g/mol. The van der Waals surface area contributed by atoms with Gasteiger partial charge in [0.25, 0.3) is 0 Å². The summed E-state index contributed by atoms with van der Waals surface area (Å²) in [6.45, 7) is 2.06. The Morgan fingerprint density at radius 3 is 2.57 bits per heavy atom. The minimum absolute atomic E-state index is 0. The molecule has 0 bridgehead atoms. The molecule has 0 nitrogen and oxygen atoms in total. The average Bonchev–Trinajstić information content (AvgIpc) is 1.86. The summed E-state index contributed by atoms with van der Waals surface area (Å²) in [6.07, 6.45) is 8.33. The van der Waals surface area contributed by atoms with Gasteiger partial charge in [0.05, 0.1) is 0 Å². The molecule has 0 spiro atoms. The van der Waals surface area contributed by atoms with Gasteiger partial charge in [-0.25, -0.2) is 11.6 Å². The minimum atomic E-state index is 0. The van der Waals surface area contributed by atoms with Gasteiger partial charge in [-0.05, 0) is 0 Å². The molecule has 0 atom stereocenters. The molecule has 0 fully saturated rings. The molecular formula is C6H7Cr-. The third kappa shape index (κ3) is 1.97. The molecule has 0 saturated carbocycles. The first-order chi connectivity index (χ1) is 2.89. The van der Waals surface area contributed by atoms with Crippen LogP contribution in [0, 0.1) is 6.08 Å². The maximum absolute atomic E-state index is 3.12. The van der Waals surface area contributed by atoms with Crippen LogP contribution in [-0.4, -0.2) is 0 Å². The van der Waals surface area contributed by atoms with Crippen LogP contribution in [0.4, 0.5) is 0 Å². The smallest absolute Gasteiger partial charge is 0 e. The Hall–Kier alpha value is 0.0125. The van der Waals surface area contributed by atoms with E-state index < -0.39 is 0 Å². The van der Waals surface area contributed by atoms with Crippen molar-refractivity contribution in [2.45, 2.75) is 13.3 Å². The van der Waals surface area contributed by atoms with Gasteiger partial charge < -0.3 is 0 Å². The van der Waals surface area contributed by atoms with E-state index in [9.17, 15) is 0 Å². The zero-order chi connectivity index (χ0) is 4.41. The predicted octanol–water partition coefficient (Wildman–Crippen LogP) is 1.69. The molecule has 0 aromatic heterocycles. The quantitative estimate of drug-likeness (QED) is 0.439. The Kier molecular flexibility index (Phi) is 3.08. The van der Waals surface area contributed by atoms with E-state index in [0.29, 0.717) is 0 Å². The van der Waals surface area contributed by atoms with Crippen molar-refractivity contribution in [1.82, 2.24) is 0 Å². The normalized spacial score (nSPS) is 15.9. The summed E-state index contributed by atoms with van der Waals surface area (Å²) < 4.78 is 0. The SMILES string of the molecule is CC1=[C-]CC=C1.[Cr]. The van der Waals surface area contributed by atoms with E-state index in [1.807, 2.05) is 0 Å². The van der Waals surface area contributed by atoms with Gasteiger partial charge in [-0.15, -0.1) is 6.42 Å². The van der Waals surface area contributed by atoms with Crippen LogP contribution in [0.1, 0.15) is 13.3 Å². The summed E-state index contributed by atoms with van der Waals surface area (Å²) in [5.41, 5.74) is 1.27. The topological polar surface area (TPSA) is 0 Å². The fourth-order valence-corrected chi connectivity index (χ4v) is 0.515. The first kappa shape index (κ1) is 7.01. The van der Waals surface area contributed by atoms with E-state index in [-0.39, 0.29) is 17.4 Å². The maximum Gasteiger partial charge on any atom is 0 e. The zero-order valence-corrected chi connectivity index (χ0v) is 5.55. The molecule has 1 heteroatoms. The van der Waals surface area contributed by atoms with E-state index >= 15 is 0 Å². The number of hydrogen-bond donors (Lipinski definition) is 0. The van der Waals surface area contributed by atoms with Crippen molar-refractivity contribution >= 4 is 0 Å². The summed E-state index contributed by atoms with van der Waals surface area (Å²) in [5, 5.41) is 0. The molecule has 0 aliphatic heterocycles. The van der Waals surface area contributed by atoms with Crippen LogP contribution >= 0.6 is 0 Å². The van der Waals surface area contributed by atoms with Crippen LogP contribution < -0.4 is 0 Å². The molecule has 0 amide bonds. The summed E-state index contributed by atoms with van der Waals surface area (Å²) in [6, 6.07) is 0. The van der Waals surface area contributed by atoms with E-state index in [1.54, 1.807) is 0 Å². The second kappa shape index (κ2) is 3.07. The molecule has 0 saturated heterocycles. The Morgan fingerprint density at radius 1 is 1.71 bits per heavy atom. The Morgan fingerprint density at radius 2 is 2.43 bits per heavy atom. The van der Waals surface area contributed by atoms with E-state index in [1.165, 1.54) is 5.57 Å². The van der Waals surface area contributed by atoms with Crippen LogP contribution in [0.15, 0.2) is 17.7 Å². The molecule has 38 valence electrons. The molecular weight excluding hydrogens is 124 g/mol. The molecule has 0 unspecified atom stereocenters. The summed E-state index contributed by atoms with van der Waals surface area (Å²) in [7, 11) is 0. The molecule has 0 aromatic carbocycles. The first-order valence-corrected chi connectivity index (χ1v) is 2.13. The van der Waals surface area contributed by atoms with Crippen molar-refractivity contribution in [3.05, 3.63) is 23.8 Å². The van der Waals surface area contributed by atoms with Crippen molar-refractivity contribution in [1.29, 1.82) is 0 Å². The first-order valence-electron chi connectivity index (χ1n) is 2.13. The van der Waals surface area contributed by atoms with Gasteiger partial charge in [0.2, 0.25) is 0 Å². The summed E-state index contributed by atoms with van der Waals surface area (Å²) in [4.78, 5) is 0. The molecule has 0 aromatic rings. The second-order valence-electron chi connectivity index (χ2n) is 1.47. The summed E-state index contributed by atoms with van der Waals surface area (Å²) in [5.74, 6) is 0. The van der Waals surface area contributed by atoms with Crippen LogP contribution in [0.25, 0.3) is 0 Å². The number of allylic oxidation sites excluding steroid dienone is 4. The maximum atomic E-state index is 3.12. The van der Waals surface area contributed by atoms with Gasteiger partial charge in [-0.2, -0.15) is 6.08 Å². The predicted molar refractivity (Wildman–Crippen MR) is 26.2 cm³/mol. The third-order valence-corrected chi connectivity index (χ3v) is 0.867. The fraction of sp³-hybridized carbons (Fsp3) is 0.333. The van der Waals surface area contributed by atoms with Crippen LogP contribution in [0.5, 0.6) is 0 Å². The third-order valence-electron chi connectivity index (χ3n) is 0.867. The molecule has 0 radical (unpaired) electrons. The summed E-state index contributed by atoms with van der Waals surface area (Å²) >= 11 is 0. The van der Waals surface area contributed by atoms with E-state index in [0.717, 1.165) is 6.42 Å². The van der Waals surface area contributed by atoms with Crippen molar-refractivity contribution < 1.29 is 17.4 Å². The molecule has 1 rings (SSSR count). The van der Waals surface area contributed by atoms with Crippen molar-refractivity contribution in [2.24, 2.45) is 0 Å². The Bertz CT molecular complexity index is 98.0. The largest absolute Gasteiger partial charge is 0.270 e. The molecule has 1 aliphatic carbocycles. The molecule has 0 N–H and O–H groups in total. The standard InChI is InChI=1S/C6H7.Cr/c1-6-4-2-3-5-6;/h2,4H,3H2,1H3;/q-1;. The second-order valence-corrected chi connectivity index (χ2v) is 1.47. The van der Waals surface area contributed by atoms with E-state index in [2.05, 4.69) is 25.2 Å². The fourth-order valence-electron chi connectivity index (χ4n) is 0.515. The zero-order valence-electron chi connectivity index (χ0n) is 4.27. The average molecular weight is 131 g/mol. The van der Waals surface area contributed by atoms with Gasteiger partial charge in [0.1, 0.15) is 0 Å². The van der Waals surface area contributed by atoms with Crippen molar-refractivity contribution in [2.75, 3.05) is 0 Å². The Balaban J connectivity index is 0.000000360. The van der Waals surface area contributed by atoms with Gasteiger partial charge in [0.15, 0.2) is 0 Å². The minimum Gasteiger partial charge on any atom is -0.270 e. The van der Waals surface area contributed by atoms with Gasteiger partial charge in [-0.1, -0.05) is 6.92 Å².